The van der Waals surface area contributed by atoms with Gasteiger partial charge < -0.3 is 10.2 Å². The Hall–Kier alpha value is -0.830. The molecule has 1 unspecified atom stereocenters. The number of carboxylic acids is 1. The fourth-order valence-electron chi connectivity index (χ4n) is 10.0. The molecule has 0 amide bonds. The first kappa shape index (κ1) is 26.2. The van der Waals surface area contributed by atoms with E-state index in [1.807, 2.05) is 13.8 Å². The number of carboxylic acid groups (broad SMARTS) is 1. The lowest BCUT2D eigenvalue weighted by molar-refractivity contribution is -0.200. The van der Waals surface area contributed by atoms with Crippen LogP contribution in [-0.4, -0.2) is 21.8 Å². The van der Waals surface area contributed by atoms with E-state index >= 15 is 0 Å². The number of fused-ring (bicyclic) bond motifs is 4. The highest BCUT2D eigenvalue weighted by atomic mass is 16.4. The van der Waals surface area contributed by atoms with Gasteiger partial charge in [0.1, 0.15) is 0 Å². The molecule has 2 N–H and O–H groups in total. The van der Waals surface area contributed by atoms with Gasteiger partial charge in [0.25, 0.3) is 0 Å². The Balaban J connectivity index is 1.65. The van der Waals surface area contributed by atoms with E-state index in [0.29, 0.717) is 11.8 Å². The molecule has 7 atom stereocenters. The Morgan fingerprint density at radius 3 is 2.21 bits per heavy atom. The van der Waals surface area contributed by atoms with E-state index in [0.717, 1.165) is 37.0 Å². The van der Waals surface area contributed by atoms with E-state index in [1.54, 1.807) is 11.1 Å². The van der Waals surface area contributed by atoms with Crippen molar-refractivity contribution in [2.75, 3.05) is 0 Å². The largest absolute Gasteiger partial charge is 0.479 e. The molecule has 3 heteroatoms. The van der Waals surface area contributed by atoms with E-state index in [1.165, 1.54) is 44.9 Å². The molecule has 4 aliphatic carbocycles. The quantitative estimate of drug-likeness (QED) is 0.385. The SMILES string of the molecule is CC(C)CCC[C@@H](C)[C@H]1CC[C@@]2(C)C3=C(CC[C@]12C)[C@@]1(C)CC[C@@](O)(C(=O)O)C(C)(C)C1CC3. The molecule has 34 heavy (non-hydrogen) atoms. The van der Waals surface area contributed by atoms with Gasteiger partial charge in [-0.15, -0.1) is 0 Å². The Labute approximate surface area is 209 Å². The van der Waals surface area contributed by atoms with Crippen molar-refractivity contribution in [3.8, 4) is 0 Å². The minimum absolute atomic E-state index is 0.0179. The monoisotopic (exact) mass is 472 g/mol. The molecule has 4 aliphatic rings. The number of aliphatic carboxylic acids is 1. The van der Waals surface area contributed by atoms with Crippen molar-refractivity contribution in [2.24, 2.45) is 45.3 Å². The van der Waals surface area contributed by atoms with Gasteiger partial charge in [-0.25, -0.2) is 4.79 Å². The minimum atomic E-state index is -1.62. The predicted molar refractivity (Wildman–Crippen MR) is 139 cm³/mol. The van der Waals surface area contributed by atoms with Gasteiger partial charge in [0.05, 0.1) is 0 Å². The van der Waals surface area contributed by atoms with E-state index in [-0.39, 0.29) is 16.7 Å². The van der Waals surface area contributed by atoms with Crippen molar-refractivity contribution in [1.29, 1.82) is 0 Å². The predicted octanol–water partition coefficient (Wildman–Crippen LogP) is 8.01. The average Bonchev–Trinajstić information content (AvgIpc) is 3.02. The van der Waals surface area contributed by atoms with Crippen LogP contribution in [0.2, 0.25) is 0 Å². The van der Waals surface area contributed by atoms with Crippen LogP contribution in [0, 0.1) is 45.3 Å². The first-order valence-electron chi connectivity index (χ1n) is 14.3. The molecule has 0 aromatic heterocycles. The van der Waals surface area contributed by atoms with E-state index in [2.05, 4.69) is 41.5 Å². The van der Waals surface area contributed by atoms with Crippen molar-refractivity contribution in [1.82, 2.24) is 0 Å². The van der Waals surface area contributed by atoms with Gasteiger partial charge in [-0.2, -0.15) is 0 Å². The maximum absolute atomic E-state index is 12.1. The number of aliphatic hydroxyl groups is 1. The summed E-state index contributed by atoms with van der Waals surface area (Å²) in [5.41, 5.74) is 1.82. The average molecular weight is 473 g/mol. The van der Waals surface area contributed by atoms with Gasteiger partial charge in [0, 0.05) is 5.41 Å². The molecule has 0 bridgehead atoms. The minimum Gasteiger partial charge on any atom is -0.479 e. The molecular formula is C31H52O3. The zero-order valence-corrected chi connectivity index (χ0v) is 23.4. The lowest BCUT2D eigenvalue weighted by atomic mass is 9.41. The fraction of sp³-hybridized carbons (Fsp3) is 0.903. The van der Waals surface area contributed by atoms with Crippen LogP contribution in [0.25, 0.3) is 0 Å². The smallest absolute Gasteiger partial charge is 0.336 e. The van der Waals surface area contributed by atoms with Gasteiger partial charge in [0.2, 0.25) is 0 Å². The number of hydrogen-bond donors (Lipinski definition) is 2. The lowest BCUT2D eigenvalue weighted by Gasteiger charge is -2.63. The summed E-state index contributed by atoms with van der Waals surface area (Å²) in [6.45, 7) is 18.9. The highest BCUT2D eigenvalue weighted by Gasteiger charge is 2.67. The summed E-state index contributed by atoms with van der Waals surface area (Å²) in [5, 5.41) is 21.2. The maximum atomic E-state index is 12.1. The van der Waals surface area contributed by atoms with Crippen molar-refractivity contribution >= 4 is 5.97 Å². The highest BCUT2D eigenvalue weighted by Crippen LogP contribution is 2.73. The van der Waals surface area contributed by atoms with Crippen LogP contribution in [0.5, 0.6) is 0 Å². The first-order valence-corrected chi connectivity index (χ1v) is 14.3. The van der Waals surface area contributed by atoms with Crippen LogP contribution in [0.1, 0.15) is 126 Å². The van der Waals surface area contributed by atoms with Crippen LogP contribution in [-0.2, 0) is 4.79 Å². The first-order chi connectivity index (χ1) is 15.6. The Bertz CT molecular complexity index is 855. The van der Waals surface area contributed by atoms with Crippen LogP contribution < -0.4 is 0 Å². The third kappa shape index (κ3) is 3.41. The van der Waals surface area contributed by atoms with Crippen LogP contribution >= 0.6 is 0 Å². The molecule has 0 aliphatic heterocycles. The molecular weight excluding hydrogens is 420 g/mol. The summed E-state index contributed by atoms with van der Waals surface area (Å²) in [6, 6.07) is 0. The zero-order valence-electron chi connectivity index (χ0n) is 23.4. The van der Waals surface area contributed by atoms with Crippen molar-refractivity contribution in [3.63, 3.8) is 0 Å². The second kappa shape index (κ2) is 8.35. The van der Waals surface area contributed by atoms with Crippen LogP contribution in [0.4, 0.5) is 0 Å². The van der Waals surface area contributed by atoms with Crippen molar-refractivity contribution in [2.45, 2.75) is 132 Å². The molecule has 0 aromatic rings. The third-order valence-electron chi connectivity index (χ3n) is 12.5. The fourth-order valence-corrected chi connectivity index (χ4v) is 10.0. The normalized spacial score (nSPS) is 44.4. The number of carbonyl (C=O) groups is 1. The zero-order chi connectivity index (χ0) is 25.3. The Morgan fingerprint density at radius 1 is 0.912 bits per heavy atom. The van der Waals surface area contributed by atoms with Crippen molar-refractivity contribution < 1.29 is 15.0 Å². The molecule has 194 valence electrons. The molecule has 2 fully saturated rings. The van der Waals surface area contributed by atoms with Gasteiger partial charge >= 0.3 is 5.97 Å². The molecule has 0 radical (unpaired) electrons. The number of rotatable bonds is 6. The Morgan fingerprint density at radius 2 is 1.59 bits per heavy atom. The molecule has 2 saturated carbocycles. The number of hydrogen-bond acceptors (Lipinski definition) is 2. The lowest BCUT2D eigenvalue weighted by Crippen LogP contribution is -2.63. The maximum Gasteiger partial charge on any atom is 0.336 e. The van der Waals surface area contributed by atoms with Crippen LogP contribution in [0.3, 0.4) is 0 Å². The van der Waals surface area contributed by atoms with E-state index in [4.69, 9.17) is 0 Å². The van der Waals surface area contributed by atoms with Gasteiger partial charge in [0.15, 0.2) is 5.60 Å². The standard InChI is InChI=1S/C31H52O3/c1-20(2)10-9-11-21(3)22-14-16-30(8)24-12-13-25-27(4,5)31(34,26(32)33)19-18-28(25,6)23(24)15-17-29(22,30)7/h20-22,25,34H,9-19H2,1-8H3,(H,32,33)/t21-,22-,25?,28-,29-,30+,31-/m1/s1. The molecule has 0 aromatic carbocycles. The summed E-state index contributed by atoms with van der Waals surface area (Å²) in [4.78, 5) is 12.1. The van der Waals surface area contributed by atoms with Gasteiger partial charge in [-0.05, 0) is 91.3 Å². The number of allylic oxidation sites excluding steroid dienone is 2. The molecule has 3 nitrogen and oxygen atoms in total. The van der Waals surface area contributed by atoms with Gasteiger partial charge in [-0.3, -0.25) is 0 Å². The Kier molecular flexibility index (Phi) is 6.45. The second-order valence-corrected chi connectivity index (χ2v) is 14.5. The van der Waals surface area contributed by atoms with Gasteiger partial charge in [-0.1, -0.05) is 85.8 Å². The second-order valence-electron chi connectivity index (χ2n) is 14.5. The summed E-state index contributed by atoms with van der Waals surface area (Å²) in [7, 11) is 0. The molecule has 4 rings (SSSR count). The molecule has 0 heterocycles. The van der Waals surface area contributed by atoms with Crippen LogP contribution in [0.15, 0.2) is 11.1 Å². The molecule has 0 spiro atoms. The van der Waals surface area contributed by atoms with Crippen molar-refractivity contribution in [3.05, 3.63) is 11.1 Å². The van der Waals surface area contributed by atoms with E-state index in [9.17, 15) is 15.0 Å². The summed E-state index contributed by atoms with van der Waals surface area (Å²) < 4.78 is 0. The summed E-state index contributed by atoms with van der Waals surface area (Å²) >= 11 is 0. The topological polar surface area (TPSA) is 57.5 Å². The third-order valence-corrected chi connectivity index (χ3v) is 12.5. The molecule has 0 saturated heterocycles. The summed E-state index contributed by atoms with van der Waals surface area (Å²) in [6.07, 6.45) is 12.4. The highest BCUT2D eigenvalue weighted by molar-refractivity contribution is 5.78. The summed E-state index contributed by atoms with van der Waals surface area (Å²) in [5.74, 6) is 1.58. The van der Waals surface area contributed by atoms with E-state index < -0.39 is 17.0 Å².